The molecule has 30 nitrogen and oxygen atoms in total. The predicted molar refractivity (Wildman–Crippen MR) is 401 cm³/mol. The van der Waals surface area contributed by atoms with Crippen LogP contribution in [-0.2, 0) is 69.6 Å². The van der Waals surface area contributed by atoms with Gasteiger partial charge in [-0.15, -0.1) is 22.7 Å². The third-order valence-corrected chi connectivity index (χ3v) is 19.4. The van der Waals surface area contributed by atoms with Gasteiger partial charge in [-0.25, -0.2) is 43.9 Å². The summed E-state index contributed by atoms with van der Waals surface area (Å²) in [6.07, 6.45) is -7.53. The van der Waals surface area contributed by atoms with Crippen LogP contribution >= 0.6 is 61.8 Å². The van der Waals surface area contributed by atoms with Gasteiger partial charge in [-0.2, -0.15) is 24.8 Å². The molecule has 2 amide bonds. The van der Waals surface area contributed by atoms with Crippen molar-refractivity contribution < 1.29 is 87.1 Å². The molecule has 0 saturated carbocycles. The smallest absolute Gasteiger partial charge is 0.425 e. The minimum atomic E-state index is -2.01. The number of methoxy groups -OCH3 is 1. The van der Waals surface area contributed by atoms with Crippen molar-refractivity contribution in [1.29, 1.82) is 0 Å². The van der Waals surface area contributed by atoms with Crippen molar-refractivity contribution in [2.75, 3.05) is 31.0 Å². The first-order valence-corrected chi connectivity index (χ1v) is 37.0. The largest absolute Gasteiger partial charge is 0.479 e. The van der Waals surface area contributed by atoms with E-state index in [1.807, 2.05) is 19.9 Å². The minimum absolute atomic E-state index is 0.0153. The topological polar surface area (TPSA) is 399 Å². The fourth-order valence-corrected chi connectivity index (χ4v) is 13.6. The number of halogens is 3. The van der Waals surface area contributed by atoms with Gasteiger partial charge in [-0.3, -0.25) is 13.9 Å². The van der Waals surface area contributed by atoms with Crippen LogP contribution in [0.2, 0.25) is 10.6 Å². The van der Waals surface area contributed by atoms with Gasteiger partial charge in [0.05, 0.1) is 67.1 Å². The molecule has 2 unspecified atom stereocenters. The number of thiazole rings is 2. The molecule has 35 heteroatoms. The minimum Gasteiger partial charge on any atom is -0.479 e. The first kappa shape index (κ1) is 81.0. The van der Waals surface area contributed by atoms with Gasteiger partial charge in [0.1, 0.15) is 34.5 Å². The van der Waals surface area contributed by atoms with Crippen LogP contribution in [0.15, 0.2) is 138 Å². The number of carbonyl (C=O) groups excluding carboxylic acids is 4. The highest BCUT2D eigenvalue weighted by Gasteiger charge is 2.57. The first-order valence-electron chi connectivity index (χ1n) is 33.2. The van der Waals surface area contributed by atoms with Crippen LogP contribution in [0.1, 0.15) is 121 Å². The molecule has 2 aliphatic heterocycles. The van der Waals surface area contributed by atoms with Crippen LogP contribution < -0.4 is 10.6 Å². The molecule has 2 saturated heterocycles. The normalized spacial score (nSPS) is 19.7. The van der Waals surface area contributed by atoms with Gasteiger partial charge in [0.15, 0.2) is 53.1 Å². The molecule has 4 aromatic carbocycles. The van der Waals surface area contributed by atoms with Crippen LogP contribution in [0.4, 0.5) is 21.2 Å². The zero-order valence-corrected chi connectivity index (χ0v) is 64.8. The lowest BCUT2D eigenvalue weighted by molar-refractivity contribution is -0.180. The van der Waals surface area contributed by atoms with E-state index in [-0.39, 0.29) is 68.8 Å². The van der Waals surface area contributed by atoms with Crippen LogP contribution in [0.3, 0.4) is 0 Å². The number of amides is 2. The number of nitrogens with two attached hydrogens (primary N) is 1. The highest BCUT2D eigenvalue weighted by molar-refractivity contribution is 9.08. The number of benzene rings is 4. The van der Waals surface area contributed by atoms with E-state index in [2.05, 4.69) is 104 Å². The number of aliphatic carboxylic acids is 1. The highest BCUT2D eigenvalue weighted by atomic mass is 79.9. The maximum atomic E-state index is 13.4. The van der Waals surface area contributed by atoms with Crippen LogP contribution in [-0.4, -0.2) is 167 Å². The Balaban J connectivity index is 0.000000195. The molecule has 10 aromatic rings. The third kappa shape index (κ3) is 18.3. The Kier molecular flexibility index (Phi) is 25.2. The van der Waals surface area contributed by atoms with Crippen LogP contribution in [0, 0.1) is 5.41 Å². The maximum absolute atomic E-state index is 13.4. The van der Waals surface area contributed by atoms with Crippen LogP contribution in [0.25, 0.3) is 44.6 Å². The molecule has 6 aromatic heterocycles. The Morgan fingerprint density at radius 1 is 0.694 bits per heavy atom. The fraction of sp³-hybridized carbons (Fsp3) is 0.370. The van der Waals surface area contributed by atoms with E-state index < -0.39 is 113 Å². The summed E-state index contributed by atoms with van der Waals surface area (Å²) in [7, 11) is 1.24. The number of aliphatic hydroxyl groups is 2. The summed E-state index contributed by atoms with van der Waals surface area (Å²) in [6.45, 7) is 15.4. The van der Waals surface area contributed by atoms with Gasteiger partial charge in [-0.05, 0) is 111 Å². The maximum Gasteiger partial charge on any atom is 0.425 e. The molecule has 0 aliphatic carbocycles. The van der Waals surface area contributed by atoms with Crippen molar-refractivity contribution in [3.05, 3.63) is 176 Å². The molecule has 0 radical (unpaired) electrons. The van der Waals surface area contributed by atoms with Crippen LogP contribution in [0.5, 0.6) is 0 Å². The number of anilines is 2. The lowest BCUT2D eigenvalue weighted by Gasteiger charge is -2.32. The molecular weight excluding hydrogens is 1550 g/mol. The first-order chi connectivity index (χ1) is 51.0. The van der Waals surface area contributed by atoms with Crippen molar-refractivity contribution in [3.63, 3.8) is 0 Å². The molecule has 108 heavy (non-hydrogen) atoms. The Bertz CT molecular complexity index is 4830. The SMILES string of the molecule is BrCc1ccc(-c2ccccc2)cc1.COC(=O)C(OC[C@H]1O[C@@H](n2cnc3c(N(C(=O)OC(C)(C)C)C(=O)OC(C)(C)C)nc(Cl)nc32)[C@H](OC(C)=O)C1(C)C)c1cscn1.C[C@@]1(O)[C@@H](COC(Cc2ccc(-c3ccccc3C(=O)O)cc2)(C(=O)O)c2cscn2)O[C@@H](n2cnc3c(N)nc(Cl)nc32)[C@@H]1O. The summed E-state index contributed by atoms with van der Waals surface area (Å²) in [5.74, 6) is -3.93. The van der Waals surface area contributed by atoms with E-state index >= 15 is 0 Å². The third-order valence-electron chi connectivity index (χ3n) is 17.3. The quantitative estimate of drug-likeness (QED) is 0.0205. The van der Waals surface area contributed by atoms with Crippen molar-refractivity contribution in [2.24, 2.45) is 5.41 Å². The summed E-state index contributed by atoms with van der Waals surface area (Å²) in [5.41, 5.74) is 8.71. The molecule has 8 heterocycles. The zero-order valence-electron chi connectivity index (χ0n) is 60.1. The van der Waals surface area contributed by atoms with Crippen molar-refractivity contribution in [2.45, 2.75) is 146 Å². The van der Waals surface area contributed by atoms with E-state index in [9.17, 15) is 49.2 Å². The summed E-state index contributed by atoms with van der Waals surface area (Å²) in [5, 5.41) is 46.3. The molecule has 570 valence electrons. The molecule has 0 spiro atoms. The number of carboxylic acid groups (broad SMARTS) is 2. The highest BCUT2D eigenvalue weighted by Crippen LogP contribution is 2.48. The number of aromatic nitrogens is 10. The Labute approximate surface area is 645 Å². The number of aliphatic hydroxyl groups excluding tert-OH is 1. The fourth-order valence-electron chi connectivity index (χ4n) is 11.7. The number of rotatable bonds is 20. The lowest BCUT2D eigenvalue weighted by Crippen LogP contribution is -2.49. The van der Waals surface area contributed by atoms with Gasteiger partial charge >= 0.3 is 36.1 Å². The van der Waals surface area contributed by atoms with Crippen molar-refractivity contribution >= 4 is 132 Å². The van der Waals surface area contributed by atoms with E-state index in [1.54, 1.807) is 100 Å². The number of aromatic carboxylic acids is 1. The molecule has 0 bridgehead atoms. The number of nitrogens with zero attached hydrogens (tertiary/aromatic N) is 11. The van der Waals surface area contributed by atoms with Gasteiger partial charge < -0.3 is 64.1 Å². The number of fused-ring (bicyclic) bond motifs is 2. The molecule has 2 fully saturated rings. The average Bonchev–Trinajstić information content (AvgIpc) is 1.58. The molecule has 2 aliphatic rings. The van der Waals surface area contributed by atoms with Gasteiger partial charge in [-0.1, -0.05) is 127 Å². The number of imidazole rings is 2. The second-order valence-corrected chi connectivity index (χ2v) is 30.3. The summed E-state index contributed by atoms with van der Waals surface area (Å²) in [6, 6.07) is 32.4. The van der Waals surface area contributed by atoms with E-state index in [4.69, 9.17) is 66.8 Å². The summed E-state index contributed by atoms with van der Waals surface area (Å²) >= 11 is 18.3. The average molecular weight is 1630 g/mol. The lowest BCUT2D eigenvalue weighted by atomic mass is 9.82. The Hall–Kier alpha value is -9.52. The van der Waals surface area contributed by atoms with Crippen molar-refractivity contribution in [1.82, 2.24) is 49.0 Å². The number of carbonyl (C=O) groups is 6. The van der Waals surface area contributed by atoms with Gasteiger partial charge in [0.2, 0.25) is 16.2 Å². The number of hydrogen-bond acceptors (Lipinski definition) is 27. The van der Waals surface area contributed by atoms with E-state index in [0.29, 0.717) is 27.3 Å². The predicted octanol–water partition coefficient (Wildman–Crippen LogP) is 12.8. The standard InChI is InChI=1S/C30H39ClN6O10S.C30H27ClN6O8S.C13H11Br/c1-15(38)44-20-23(45-17(30(20,8)9)11-43-19(24(39)42-10)16-12-48-14-33-16)36-13-32-18-21(36)34-25(31)35-22(18)37(26(40)46-28(2,3)4)27(41)47-29(5,6)7;1-29(43)20(45-25(22(29)38)37-13-33-21-23(32)35-28(31)36-24(21)37)11-44-30(27(41)42,19-12-46-14-34-19)10-15-6-8-16(9-7-15)17-4-2-3-5-18(17)26(39)40;14-10-11-6-8-13(9-7-11)12-4-2-1-3-5-12/h12-14,17,19-20,23H,11H2,1-10H3;2-9,12-14,20,22,25,38,43H,10-11H2,1H3,(H,39,40)(H,41,42)(H2,32,35,36);1-9H,10H2/t17-,19?,20+,23-;20-,22+,25-,29-,30?;/m11./s1. The van der Waals surface area contributed by atoms with E-state index in [0.717, 1.165) is 5.33 Å². The number of nitrogen functional groups attached to an aromatic ring is 1. The van der Waals surface area contributed by atoms with Gasteiger partial charge in [0, 0.05) is 34.8 Å². The number of esters is 2. The molecule has 9 atom stereocenters. The summed E-state index contributed by atoms with van der Waals surface area (Å²) < 4.78 is 49.1. The van der Waals surface area contributed by atoms with Crippen molar-refractivity contribution in [3.8, 4) is 22.3 Å². The monoisotopic (exact) mass is 1620 g/mol. The number of hydrogen-bond donors (Lipinski definition) is 5. The summed E-state index contributed by atoms with van der Waals surface area (Å²) in [4.78, 5) is 111. The number of ether oxygens (including phenoxy) is 8. The van der Waals surface area contributed by atoms with Gasteiger partial charge in [0.25, 0.3) is 0 Å². The second-order valence-electron chi connectivity index (χ2n) is 27.6. The number of carboxylic acids is 2. The molecular formula is C73H77BrCl2N12O18S2. The zero-order chi connectivity index (χ0) is 78.4. The van der Waals surface area contributed by atoms with E-state index in [1.165, 1.54) is 93.7 Å². The molecule has 6 N–H and O–H groups in total. The number of imide groups is 1. The number of alkyl halides is 1. The molecule has 12 rings (SSSR count). The Morgan fingerprint density at radius 3 is 1.82 bits per heavy atom. The Morgan fingerprint density at radius 2 is 1.25 bits per heavy atom. The second kappa shape index (κ2) is 33.5.